The van der Waals surface area contributed by atoms with Crippen molar-refractivity contribution in [3.8, 4) is 0 Å². The van der Waals surface area contributed by atoms with Gasteiger partial charge in [0.1, 0.15) is 0 Å². The van der Waals surface area contributed by atoms with Gasteiger partial charge in [-0.25, -0.2) is 10.0 Å². The maximum absolute atomic E-state index is 5.37. The van der Waals surface area contributed by atoms with E-state index in [9.17, 15) is 0 Å². The van der Waals surface area contributed by atoms with Crippen molar-refractivity contribution in [2.45, 2.75) is 27.2 Å². The van der Waals surface area contributed by atoms with Crippen molar-refractivity contribution in [3.63, 3.8) is 0 Å². The molecule has 0 aromatic carbocycles. The molecule has 0 atom stereocenters. The number of hydrogen-bond acceptors (Lipinski definition) is 2. The molecular weight excluding hydrogens is 218 g/mol. The predicted octanol–water partition coefficient (Wildman–Crippen LogP) is 2.57. The molecule has 2 nitrogen and oxygen atoms in total. The van der Waals surface area contributed by atoms with Crippen molar-refractivity contribution >= 4 is 10.0 Å². The zero-order valence-electron chi connectivity index (χ0n) is 11.3. The van der Waals surface area contributed by atoms with Gasteiger partial charge in [0.05, 0.1) is 13.2 Å². The summed E-state index contributed by atoms with van der Waals surface area (Å²) in [5.74, 6) is 5.74. The highest BCUT2D eigenvalue weighted by Crippen LogP contribution is 2.47. The molecule has 1 fully saturated rings. The minimum absolute atomic E-state index is 0.269. The van der Waals surface area contributed by atoms with Crippen molar-refractivity contribution in [2.24, 2.45) is 0 Å². The molecule has 0 N–H and O–H groups in total. The van der Waals surface area contributed by atoms with Gasteiger partial charge in [0.15, 0.2) is 0 Å². The van der Waals surface area contributed by atoms with Gasteiger partial charge in [0.25, 0.3) is 0 Å². The molecule has 0 radical (unpaired) electrons. The van der Waals surface area contributed by atoms with Gasteiger partial charge < -0.3 is 4.74 Å². The maximum atomic E-state index is 5.37. The molecule has 16 heavy (non-hydrogen) atoms. The van der Waals surface area contributed by atoms with Crippen LogP contribution in [0.5, 0.6) is 0 Å². The van der Waals surface area contributed by atoms with Crippen LogP contribution < -0.4 is 0 Å². The minimum atomic E-state index is -0.269. The molecule has 98 valence electrons. The van der Waals surface area contributed by atoms with Crippen LogP contribution in [-0.2, 0) is 4.74 Å². The Morgan fingerprint density at radius 1 is 1.00 bits per heavy atom. The molecule has 1 rings (SSSR count). The Morgan fingerprint density at radius 2 is 1.56 bits per heavy atom. The molecule has 0 saturated carbocycles. The first-order chi connectivity index (χ1) is 7.76. The fourth-order valence-electron chi connectivity index (χ4n) is 2.46. The molecule has 0 unspecified atom stereocenters. The Labute approximate surface area is 103 Å². The first-order valence-corrected chi connectivity index (χ1v) is 9.11. The van der Waals surface area contributed by atoms with Crippen LogP contribution in [0.25, 0.3) is 0 Å². The Bertz CT molecular complexity index is 169. The van der Waals surface area contributed by atoms with Crippen LogP contribution in [0.2, 0.25) is 0 Å². The van der Waals surface area contributed by atoms with Crippen LogP contribution in [-0.4, -0.2) is 60.8 Å². The van der Waals surface area contributed by atoms with Gasteiger partial charge in [0, 0.05) is 13.1 Å². The molecule has 0 spiro atoms. The van der Waals surface area contributed by atoms with Gasteiger partial charge in [-0.2, -0.15) is 0 Å². The van der Waals surface area contributed by atoms with E-state index in [2.05, 4.69) is 25.7 Å². The van der Waals surface area contributed by atoms with Gasteiger partial charge in [-0.3, -0.25) is 4.90 Å². The van der Waals surface area contributed by atoms with Gasteiger partial charge in [-0.1, -0.05) is 20.8 Å². The van der Waals surface area contributed by atoms with Crippen molar-refractivity contribution in [1.29, 1.82) is 0 Å². The third kappa shape index (κ3) is 4.27. The molecule has 0 aromatic rings. The number of hydrogen-bond donors (Lipinski definition) is 0. The minimum Gasteiger partial charge on any atom is -0.379 e. The molecular formula is C13H29NOS. The second-order valence-electron chi connectivity index (χ2n) is 4.60. The van der Waals surface area contributed by atoms with Crippen molar-refractivity contribution in [1.82, 2.24) is 4.90 Å². The average molecular weight is 247 g/mol. The summed E-state index contributed by atoms with van der Waals surface area (Å²) < 4.78 is 5.37. The van der Waals surface area contributed by atoms with E-state index in [0.717, 1.165) is 26.3 Å². The molecule has 0 bridgehead atoms. The van der Waals surface area contributed by atoms with E-state index in [4.69, 9.17) is 4.74 Å². The topological polar surface area (TPSA) is 12.5 Å². The smallest absolute Gasteiger partial charge is 0.0594 e. The van der Waals surface area contributed by atoms with E-state index in [1.54, 1.807) is 0 Å². The predicted molar refractivity (Wildman–Crippen MR) is 76.0 cm³/mol. The van der Waals surface area contributed by atoms with E-state index < -0.39 is 0 Å². The SMILES string of the molecule is CCS(CC)(CC)CCCN1CCOCC1. The number of rotatable bonds is 7. The van der Waals surface area contributed by atoms with E-state index in [-0.39, 0.29) is 10.0 Å². The Balaban J connectivity index is 2.21. The monoisotopic (exact) mass is 247 g/mol. The van der Waals surface area contributed by atoms with E-state index in [1.165, 1.54) is 36.0 Å². The van der Waals surface area contributed by atoms with Gasteiger partial charge in [0.2, 0.25) is 0 Å². The molecule has 0 amide bonds. The molecule has 1 aliphatic rings. The fraction of sp³-hybridized carbons (Fsp3) is 1.00. The van der Waals surface area contributed by atoms with Crippen molar-refractivity contribution < 1.29 is 4.74 Å². The normalized spacial score (nSPS) is 19.9. The number of nitrogens with zero attached hydrogens (tertiary/aromatic N) is 1. The number of morpholine rings is 1. The Hall–Kier alpha value is 0.270. The third-order valence-corrected chi connectivity index (χ3v) is 8.82. The van der Waals surface area contributed by atoms with Crippen LogP contribution in [0.4, 0.5) is 0 Å². The summed E-state index contributed by atoms with van der Waals surface area (Å²) in [5, 5.41) is 0. The van der Waals surface area contributed by atoms with Crippen LogP contribution in [0.15, 0.2) is 0 Å². The number of ether oxygens (including phenoxy) is 1. The Kier molecular flexibility index (Phi) is 6.78. The van der Waals surface area contributed by atoms with E-state index in [1.807, 2.05) is 0 Å². The second-order valence-corrected chi connectivity index (χ2v) is 9.19. The standard InChI is InChI=1S/C13H29NOS/c1-4-16(5-2,6-3)13-7-8-14-9-11-15-12-10-14/h4-13H2,1-3H3. The summed E-state index contributed by atoms with van der Waals surface area (Å²) in [5.41, 5.74) is 0. The summed E-state index contributed by atoms with van der Waals surface area (Å²) in [7, 11) is -0.269. The highest BCUT2D eigenvalue weighted by molar-refractivity contribution is 8.33. The lowest BCUT2D eigenvalue weighted by molar-refractivity contribution is 0.0381. The van der Waals surface area contributed by atoms with Crippen LogP contribution in [0.1, 0.15) is 27.2 Å². The summed E-state index contributed by atoms with van der Waals surface area (Å²) in [4.78, 5) is 2.56. The molecule has 0 aromatic heterocycles. The summed E-state index contributed by atoms with van der Waals surface area (Å²) in [6.45, 7) is 12.6. The first kappa shape index (κ1) is 14.3. The lowest BCUT2D eigenvalue weighted by Crippen LogP contribution is -2.37. The lowest BCUT2D eigenvalue weighted by Gasteiger charge is -2.38. The molecule has 1 saturated heterocycles. The average Bonchev–Trinajstić information content (AvgIpc) is 2.37. The lowest BCUT2D eigenvalue weighted by atomic mass is 10.4. The molecule has 0 aliphatic carbocycles. The van der Waals surface area contributed by atoms with Crippen LogP contribution in [0.3, 0.4) is 0 Å². The molecule has 3 heteroatoms. The van der Waals surface area contributed by atoms with Crippen LogP contribution in [0, 0.1) is 0 Å². The van der Waals surface area contributed by atoms with Crippen molar-refractivity contribution in [3.05, 3.63) is 0 Å². The zero-order valence-corrected chi connectivity index (χ0v) is 12.2. The van der Waals surface area contributed by atoms with Crippen molar-refractivity contribution in [2.75, 3.05) is 55.9 Å². The Morgan fingerprint density at radius 3 is 2.06 bits per heavy atom. The van der Waals surface area contributed by atoms with Gasteiger partial charge in [-0.15, -0.1) is 0 Å². The van der Waals surface area contributed by atoms with Gasteiger partial charge in [-0.05, 0) is 36.0 Å². The van der Waals surface area contributed by atoms with E-state index in [0.29, 0.717) is 0 Å². The highest BCUT2D eigenvalue weighted by Gasteiger charge is 2.18. The quantitative estimate of drug-likeness (QED) is 0.685. The maximum Gasteiger partial charge on any atom is 0.0594 e. The summed E-state index contributed by atoms with van der Waals surface area (Å²) in [6, 6.07) is 0. The van der Waals surface area contributed by atoms with E-state index >= 15 is 0 Å². The summed E-state index contributed by atoms with van der Waals surface area (Å²) >= 11 is 0. The fourth-order valence-corrected chi connectivity index (χ4v) is 5.30. The summed E-state index contributed by atoms with van der Waals surface area (Å²) in [6.07, 6.45) is 1.39. The molecule has 1 aliphatic heterocycles. The zero-order chi connectivity index (χ0) is 11.9. The van der Waals surface area contributed by atoms with Gasteiger partial charge >= 0.3 is 0 Å². The molecule has 1 heterocycles. The first-order valence-electron chi connectivity index (χ1n) is 6.80. The third-order valence-electron chi connectivity index (χ3n) is 3.99. The largest absolute Gasteiger partial charge is 0.379 e. The van der Waals surface area contributed by atoms with Crippen LogP contribution >= 0.6 is 10.0 Å². The highest BCUT2D eigenvalue weighted by atomic mass is 32.3. The second kappa shape index (κ2) is 7.57.